The molecule has 1 fully saturated rings. The molecule has 4 rings (SSSR count). The molecule has 1 aliphatic heterocycles. The molecule has 2 aromatic carbocycles. The number of aromatic amines is 1. The molecule has 30 heavy (non-hydrogen) atoms. The van der Waals surface area contributed by atoms with E-state index in [9.17, 15) is 18.3 Å². The molecular formula is C22H24ClF3N3O+3. The van der Waals surface area contributed by atoms with E-state index in [2.05, 4.69) is 12.0 Å². The lowest BCUT2D eigenvalue weighted by Gasteiger charge is -2.34. The van der Waals surface area contributed by atoms with Crippen molar-refractivity contribution < 1.29 is 33.1 Å². The van der Waals surface area contributed by atoms with Crippen molar-refractivity contribution in [2.75, 3.05) is 33.2 Å². The molecule has 158 valence electrons. The Morgan fingerprint density at radius 1 is 1.07 bits per heavy atom. The molecule has 1 unspecified atom stereocenters. The Labute approximate surface area is 177 Å². The van der Waals surface area contributed by atoms with Gasteiger partial charge in [-0.25, -0.2) is 4.98 Å². The maximum absolute atomic E-state index is 13.1. The highest BCUT2D eigenvalue weighted by molar-refractivity contribution is 6.35. The molecule has 0 bridgehead atoms. The summed E-state index contributed by atoms with van der Waals surface area (Å²) < 4.78 is 39.2. The van der Waals surface area contributed by atoms with Gasteiger partial charge in [0, 0.05) is 11.6 Å². The van der Waals surface area contributed by atoms with E-state index in [0.29, 0.717) is 21.5 Å². The first kappa shape index (κ1) is 20.9. The SMILES string of the molecule is C[NH+]1CC[NH+](C(c2ccc(C(F)(F)F)cc2)c2cc(Cl)c3ccc[nH+]c3c2O)CC1. The first-order valence-electron chi connectivity index (χ1n) is 9.90. The third-order valence-corrected chi connectivity index (χ3v) is 6.25. The van der Waals surface area contributed by atoms with Crippen molar-refractivity contribution in [1.82, 2.24) is 0 Å². The fraction of sp³-hybridized carbons (Fsp3) is 0.318. The Hall–Kier alpha value is -2.35. The summed E-state index contributed by atoms with van der Waals surface area (Å²) in [6.45, 7) is 3.57. The smallest absolute Gasteiger partial charge is 0.416 e. The molecular weight excluding hydrogens is 415 g/mol. The summed E-state index contributed by atoms with van der Waals surface area (Å²) in [6, 6.07) is 10.3. The third-order valence-electron chi connectivity index (χ3n) is 5.94. The Balaban J connectivity index is 1.84. The van der Waals surface area contributed by atoms with Gasteiger partial charge in [-0.2, -0.15) is 13.2 Å². The number of nitrogens with one attached hydrogen (secondary N) is 3. The highest BCUT2D eigenvalue weighted by Crippen LogP contribution is 2.37. The molecule has 1 aromatic heterocycles. The average molecular weight is 439 g/mol. The molecule has 1 saturated heterocycles. The Morgan fingerprint density at radius 2 is 1.73 bits per heavy atom. The van der Waals surface area contributed by atoms with Crippen molar-refractivity contribution in [3.05, 3.63) is 70.4 Å². The molecule has 0 spiro atoms. The maximum Gasteiger partial charge on any atom is 0.416 e. The van der Waals surface area contributed by atoms with Crippen LogP contribution in [0.2, 0.25) is 5.02 Å². The number of benzene rings is 2. The molecule has 0 aliphatic carbocycles. The minimum Gasteiger partial charge on any atom is -0.502 e. The number of phenolic OH excluding ortho intramolecular Hbond substituents is 1. The third kappa shape index (κ3) is 3.97. The summed E-state index contributed by atoms with van der Waals surface area (Å²) in [7, 11) is 2.13. The van der Waals surface area contributed by atoms with Crippen molar-refractivity contribution in [3.63, 3.8) is 0 Å². The standard InChI is InChI=1S/C22H21ClF3N3O/c1-28-9-11-29(12-10-28)20(14-4-6-15(7-5-14)22(24,25)26)17-13-18(23)16-3-2-8-27-19(16)21(17)30/h2-8,13,20,30H,9-12H2,1H3/p+3. The number of alkyl halides is 3. The Kier molecular flexibility index (Phi) is 5.61. The lowest BCUT2D eigenvalue weighted by atomic mass is 9.93. The molecule has 3 aromatic rings. The molecule has 4 N–H and O–H groups in total. The zero-order valence-electron chi connectivity index (χ0n) is 16.5. The number of halogens is 4. The fourth-order valence-electron chi connectivity index (χ4n) is 4.27. The minimum absolute atomic E-state index is 0.0821. The predicted octanol–water partition coefficient (Wildman–Crippen LogP) is 1.53. The van der Waals surface area contributed by atoms with Crippen LogP contribution in [0, 0.1) is 0 Å². The summed E-state index contributed by atoms with van der Waals surface area (Å²) in [5.41, 5.74) is 1.18. The van der Waals surface area contributed by atoms with Crippen LogP contribution in [0.25, 0.3) is 10.9 Å². The van der Waals surface area contributed by atoms with Gasteiger partial charge in [0.05, 0.1) is 28.6 Å². The number of aromatic hydroxyl groups is 1. The Bertz CT molecular complexity index is 1050. The number of rotatable bonds is 3. The van der Waals surface area contributed by atoms with Crippen molar-refractivity contribution in [2.45, 2.75) is 12.2 Å². The largest absolute Gasteiger partial charge is 0.502 e. The number of quaternary nitrogens is 2. The van der Waals surface area contributed by atoms with E-state index in [1.165, 1.54) is 21.9 Å². The molecule has 0 saturated carbocycles. The second-order valence-corrected chi connectivity index (χ2v) is 8.33. The van der Waals surface area contributed by atoms with Crippen LogP contribution in [0.1, 0.15) is 22.7 Å². The van der Waals surface area contributed by atoms with E-state index < -0.39 is 11.7 Å². The molecule has 2 heterocycles. The highest BCUT2D eigenvalue weighted by Gasteiger charge is 2.36. The van der Waals surface area contributed by atoms with Crippen LogP contribution in [0.4, 0.5) is 13.2 Å². The van der Waals surface area contributed by atoms with Crippen LogP contribution in [0.5, 0.6) is 5.75 Å². The number of hydrogen-bond acceptors (Lipinski definition) is 1. The van der Waals surface area contributed by atoms with E-state index in [0.717, 1.165) is 43.9 Å². The van der Waals surface area contributed by atoms with Gasteiger partial charge in [0.1, 0.15) is 32.2 Å². The monoisotopic (exact) mass is 438 g/mol. The predicted molar refractivity (Wildman–Crippen MR) is 108 cm³/mol. The van der Waals surface area contributed by atoms with Gasteiger partial charge in [0.2, 0.25) is 0 Å². The summed E-state index contributed by atoms with van der Waals surface area (Å²) in [5, 5.41) is 12.3. The van der Waals surface area contributed by atoms with Gasteiger partial charge in [-0.1, -0.05) is 23.7 Å². The van der Waals surface area contributed by atoms with E-state index in [1.807, 2.05) is 6.07 Å². The number of hydrogen-bond donors (Lipinski definition) is 3. The number of phenols is 1. The van der Waals surface area contributed by atoms with Crippen molar-refractivity contribution in [1.29, 1.82) is 0 Å². The number of aromatic nitrogens is 1. The quantitative estimate of drug-likeness (QED) is 0.570. The number of pyridine rings is 1. The summed E-state index contributed by atoms with van der Waals surface area (Å²) in [5.74, 6) is 0.0821. The molecule has 0 amide bonds. The van der Waals surface area contributed by atoms with E-state index in [1.54, 1.807) is 18.3 Å². The molecule has 8 heteroatoms. The molecule has 1 atom stereocenters. The zero-order chi connectivity index (χ0) is 21.5. The fourth-order valence-corrected chi connectivity index (χ4v) is 4.54. The normalized spacial score (nSPS) is 21.0. The topological polar surface area (TPSA) is 43.2 Å². The number of likely N-dealkylation sites (N-methyl/N-ethyl adjacent to an activating group) is 1. The van der Waals surface area contributed by atoms with Crippen molar-refractivity contribution in [2.24, 2.45) is 0 Å². The lowest BCUT2D eigenvalue weighted by molar-refractivity contribution is -1.02. The van der Waals surface area contributed by atoms with Crippen LogP contribution < -0.4 is 14.8 Å². The van der Waals surface area contributed by atoms with Crippen LogP contribution in [0.15, 0.2) is 48.7 Å². The number of H-pyrrole nitrogens is 1. The van der Waals surface area contributed by atoms with Crippen molar-refractivity contribution in [3.8, 4) is 5.75 Å². The zero-order valence-corrected chi connectivity index (χ0v) is 17.2. The summed E-state index contributed by atoms with van der Waals surface area (Å²) in [6.07, 6.45) is -2.68. The van der Waals surface area contributed by atoms with Gasteiger partial charge < -0.3 is 14.9 Å². The average Bonchev–Trinajstić information content (AvgIpc) is 2.73. The van der Waals surface area contributed by atoms with Crippen LogP contribution in [-0.4, -0.2) is 38.3 Å². The minimum atomic E-state index is -4.39. The first-order chi connectivity index (χ1) is 14.3. The molecule has 1 aliphatic rings. The number of fused-ring (bicyclic) bond motifs is 1. The lowest BCUT2D eigenvalue weighted by Crippen LogP contribution is -3.27. The number of piperazine rings is 1. The molecule has 4 nitrogen and oxygen atoms in total. The summed E-state index contributed by atoms with van der Waals surface area (Å²) in [4.78, 5) is 5.66. The summed E-state index contributed by atoms with van der Waals surface area (Å²) >= 11 is 6.52. The van der Waals surface area contributed by atoms with Gasteiger partial charge in [0.25, 0.3) is 5.52 Å². The van der Waals surface area contributed by atoms with E-state index in [-0.39, 0.29) is 11.8 Å². The molecule has 0 radical (unpaired) electrons. The van der Waals surface area contributed by atoms with Gasteiger partial charge in [-0.3, -0.25) is 0 Å². The highest BCUT2D eigenvalue weighted by atomic mass is 35.5. The van der Waals surface area contributed by atoms with Gasteiger partial charge in [0.15, 0.2) is 11.9 Å². The Morgan fingerprint density at radius 3 is 2.37 bits per heavy atom. The first-order valence-corrected chi connectivity index (χ1v) is 10.3. The van der Waals surface area contributed by atoms with Crippen LogP contribution in [-0.2, 0) is 6.18 Å². The van der Waals surface area contributed by atoms with Crippen LogP contribution in [0.3, 0.4) is 0 Å². The van der Waals surface area contributed by atoms with Gasteiger partial charge in [-0.05, 0) is 24.3 Å². The van der Waals surface area contributed by atoms with E-state index in [4.69, 9.17) is 11.6 Å². The maximum atomic E-state index is 13.1. The van der Waals surface area contributed by atoms with Crippen LogP contribution >= 0.6 is 11.6 Å². The van der Waals surface area contributed by atoms with E-state index >= 15 is 0 Å². The second kappa shape index (κ2) is 8.06. The van der Waals surface area contributed by atoms with Gasteiger partial charge >= 0.3 is 6.18 Å². The second-order valence-electron chi connectivity index (χ2n) is 7.92. The van der Waals surface area contributed by atoms with Gasteiger partial charge in [-0.15, -0.1) is 0 Å². The van der Waals surface area contributed by atoms with Crippen molar-refractivity contribution >= 4 is 22.5 Å².